The van der Waals surface area contributed by atoms with E-state index in [-0.39, 0.29) is 5.78 Å². The molecule has 1 N–H and O–H groups in total. The molecule has 2 nitrogen and oxygen atoms in total. The van der Waals surface area contributed by atoms with Gasteiger partial charge in [-0.05, 0) is 12.1 Å². The van der Waals surface area contributed by atoms with Crippen LogP contribution in [0.3, 0.4) is 0 Å². The molecule has 0 fully saturated rings. The van der Waals surface area contributed by atoms with Gasteiger partial charge in [-0.15, -0.1) is 17.8 Å². The van der Waals surface area contributed by atoms with Crippen molar-refractivity contribution >= 4 is 28.7 Å². The number of rotatable bonds is 5. The van der Waals surface area contributed by atoms with Gasteiger partial charge in [-0.2, -0.15) is 0 Å². The molecule has 4 heteroatoms. The smallest absolute Gasteiger partial charge is 0.174 e. The van der Waals surface area contributed by atoms with Crippen LogP contribution in [0.2, 0.25) is 4.34 Å². The molecular weight excluding hydrogens is 218 g/mol. The van der Waals surface area contributed by atoms with E-state index in [0.717, 1.165) is 0 Å². The second-order valence-corrected chi connectivity index (χ2v) is 4.37. The zero-order valence-electron chi connectivity index (χ0n) is 7.55. The molecule has 0 atom stereocenters. The number of halogens is 1. The van der Waals surface area contributed by atoms with Crippen LogP contribution in [0, 0.1) is 12.3 Å². The van der Waals surface area contributed by atoms with E-state index in [1.807, 2.05) is 0 Å². The first-order valence-electron chi connectivity index (χ1n) is 4.16. The van der Waals surface area contributed by atoms with Gasteiger partial charge in [-0.25, -0.2) is 0 Å². The van der Waals surface area contributed by atoms with Crippen molar-refractivity contribution in [1.82, 2.24) is 5.32 Å². The van der Waals surface area contributed by atoms with Crippen LogP contribution in [-0.4, -0.2) is 18.9 Å². The molecule has 0 spiro atoms. The topological polar surface area (TPSA) is 29.1 Å². The highest BCUT2D eigenvalue weighted by molar-refractivity contribution is 7.18. The summed E-state index contributed by atoms with van der Waals surface area (Å²) in [6, 6.07) is 3.48. The number of hydrogen-bond acceptors (Lipinski definition) is 3. The SMILES string of the molecule is C#CCNCCC(=O)c1ccc(Cl)s1. The third kappa shape index (κ3) is 3.51. The van der Waals surface area contributed by atoms with E-state index in [1.54, 1.807) is 12.1 Å². The molecule has 0 amide bonds. The molecule has 0 saturated heterocycles. The Bertz CT molecular complexity index is 353. The number of ketones is 1. The van der Waals surface area contributed by atoms with Crippen molar-refractivity contribution in [3.8, 4) is 12.3 Å². The lowest BCUT2D eigenvalue weighted by atomic mass is 10.2. The van der Waals surface area contributed by atoms with Crippen LogP contribution in [0.4, 0.5) is 0 Å². The van der Waals surface area contributed by atoms with E-state index in [0.29, 0.717) is 28.7 Å². The fourth-order valence-corrected chi connectivity index (χ4v) is 1.96. The van der Waals surface area contributed by atoms with Crippen LogP contribution in [0.15, 0.2) is 12.1 Å². The molecule has 1 heterocycles. The van der Waals surface area contributed by atoms with Crippen LogP contribution < -0.4 is 5.32 Å². The fourth-order valence-electron chi connectivity index (χ4n) is 0.950. The zero-order chi connectivity index (χ0) is 10.4. The van der Waals surface area contributed by atoms with Crippen molar-refractivity contribution in [3.63, 3.8) is 0 Å². The maximum Gasteiger partial charge on any atom is 0.174 e. The third-order valence-corrected chi connectivity index (χ3v) is 2.88. The monoisotopic (exact) mass is 227 g/mol. The quantitative estimate of drug-likeness (QED) is 0.475. The molecule has 0 aromatic carbocycles. The normalized spacial score (nSPS) is 9.71. The van der Waals surface area contributed by atoms with Crippen molar-refractivity contribution in [3.05, 3.63) is 21.3 Å². The van der Waals surface area contributed by atoms with Gasteiger partial charge in [0.1, 0.15) is 0 Å². The van der Waals surface area contributed by atoms with Crippen LogP contribution in [0.25, 0.3) is 0 Å². The van der Waals surface area contributed by atoms with Gasteiger partial charge in [0, 0.05) is 13.0 Å². The van der Waals surface area contributed by atoms with Crippen molar-refractivity contribution in [2.24, 2.45) is 0 Å². The summed E-state index contributed by atoms with van der Waals surface area (Å²) in [5, 5.41) is 2.96. The largest absolute Gasteiger partial charge is 0.306 e. The number of carbonyl (C=O) groups excluding carboxylic acids is 1. The van der Waals surface area contributed by atoms with Gasteiger partial charge in [0.2, 0.25) is 0 Å². The average Bonchev–Trinajstić information content (AvgIpc) is 2.59. The number of Topliss-reactive ketones (excluding diaryl/α,β-unsaturated/α-hetero) is 1. The molecule has 0 aliphatic rings. The molecule has 0 aliphatic heterocycles. The average molecular weight is 228 g/mol. The Balaban J connectivity index is 2.33. The third-order valence-electron chi connectivity index (χ3n) is 1.60. The lowest BCUT2D eigenvalue weighted by Crippen LogP contribution is -2.18. The minimum absolute atomic E-state index is 0.103. The van der Waals surface area contributed by atoms with Crippen molar-refractivity contribution in [2.45, 2.75) is 6.42 Å². The zero-order valence-corrected chi connectivity index (χ0v) is 9.12. The molecule has 1 aromatic heterocycles. The summed E-state index contributed by atoms with van der Waals surface area (Å²) >= 11 is 7.02. The number of terminal acetylenes is 1. The Morgan fingerprint density at radius 2 is 2.43 bits per heavy atom. The number of hydrogen-bond donors (Lipinski definition) is 1. The lowest BCUT2D eigenvalue weighted by molar-refractivity contribution is 0.0987. The maximum absolute atomic E-state index is 11.5. The van der Waals surface area contributed by atoms with E-state index < -0.39 is 0 Å². The Kier molecular flexibility index (Phi) is 4.68. The minimum atomic E-state index is 0.103. The van der Waals surface area contributed by atoms with Gasteiger partial charge in [-0.3, -0.25) is 4.79 Å². The molecule has 1 rings (SSSR count). The second-order valence-electron chi connectivity index (χ2n) is 2.66. The minimum Gasteiger partial charge on any atom is -0.306 e. The summed E-state index contributed by atoms with van der Waals surface area (Å²) < 4.78 is 0.643. The van der Waals surface area contributed by atoms with Gasteiger partial charge in [0.25, 0.3) is 0 Å². The first-order chi connectivity index (χ1) is 6.74. The van der Waals surface area contributed by atoms with Gasteiger partial charge in [0.15, 0.2) is 5.78 Å². The molecule has 1 aromatic rings. The van der Waals surface area contributed by atoms with E-state index in [2.05, 4.69) is 11.2 Å². The highest BCUT2D eigenvalue weighted by atomic mass is 35.5. The highest BCUT2D eigenvalue weighted by Crippen LogP contribution is 2.22. The molecule has 74 valence electrons. The number of carbonyl (C=O) groups is 1. The predicted octanol–water partition coefficient (Wildman–Crippen LogP) is 2.20. The standard InChI is InChI=1S/C10H10ClNOS/c1-2-6-12-7-5-8(13)9-3-4-10(11)14-9/h1,3-4,12H,5-7H2. The molecule has 0 bridgehead atoms. The Labute approximate surface area is 92.3 Å². The van der Waals surface area contributed by atoms with Gasteiger partial charge < -0.3 is 5.32 Å². The summed E-state index contributed by atoms with van der Waals surface area (Å²) in [7, 11) is 0. The highest BCUT2D eigenvalue weighted by Gasteiger charge is 2.07. The molecule has 14 heavy (non-hydrogen) atoms. The summed E-state index contributed by atoms with van der Waals surface area (Å²) in [5.41, 5.74) is 0. The van der Waals surface area contributed by atoms with E-state index in [4.69, 9.17) is 18.0 Å². The molecular formula is C10H10ClNOS. The van der Waals surface area contributed by atoms with Crippen LogP contribution in [0.1, 0.15) is 16.1 Å². The Morgan fingerprint density at radius 3 is 3.00 bits per heavy atom. The summed E-state index contributed by atoms with van der Waals surface area (Å²) in [4.78, 5) is 12.2. The van der Waals surface area contributed by atoms with Crippen LogP contribution in [0.5, 0.6) is 0 Å². The van der Waals surface area contributed by atoms with Crippen molar-refractivity contribution < 1.29 is 4.79 Å². The second kappa shape index (κ2) is 5.82. The van der Waals surface area contributed by atoms with Gasteiger partial charge >= 0.3 is 0 Å². The maximum atomic E-state index is 11.5. The van der Waals surface area contributed by atoms with E-state index >= 15 is 0 Å². The fraction of sp³-hybridized carbons (Fsp3) is 0.300. The van der Waals surface area contributed by atoms with Gasteiger partial charge in [-0.1, -0.05) is 17.5 Å². The van der Waals surface area contributed by atoms with E-state index in [1.165, 1.54) is 11.3 Å². The van der Waals surface area contributed by atoms with E-state index in [9.17, 15) is 4.79 Å². The first-order valence-corrected chi connectivity index (χ1v) is 5.36. The molecule has 0 radical (unpaired) electrons. The Morgan fingerprint density at radius 1 is 1.64 bits per heavy atom. The lowest BCUT2D eigenvalue weighted by Gasteiger charge is -1.98. The van der Waals surface area contributed by atoms with Crippen LogP contribution >= 0.6 is 22.9 Å². The Hall–Kier alpha value is -0.820. The molecule has 0 saturated carbocycles. The van der Waals surface area contributed by atoms with Crippen molar-refractivity contribution in [2.75, 3.05) is 13.1 Å². The first kappa shape index (κ1) is 11.3. The molecule has 0 aliphatic carbocycles. The van der Waals surface area contributed by atoms with Crippen LogP contribution in [-0.2, 0) is 0 Å². The summed E-state index contributed by atoms with van der Waals surface area (Å²) in [6.07, 6.45) is 5.50. The van der Waals surface area contributed by atoms with Gasteiger partial charge in [0.05, 0.1) is 15.8 Å². The summed E-state index contributed by atoms with van der Waals surface area (Å²) in [5.74, 6) is 2.55. The van der Waals surface area contributed by atoms with Crippen molar-refractivity contribution in [1.29, 1.82) is 0 Å². The summed E-state index contributed by atoms with van der Waals surface area (Å²) in [6.45, 7) is 1.11. The number of thiophene rings is 1. The predicted molar refractivity (Wildman–Crippen MR) is 60.0 cm³/mol. The number of nitrogens with one attached hydrogen (secondary N) is 1. The molecule has 0 unspecified atom stereocenters.